The summed E-state index contributed by atoms with van der Waals surface area (Å²) in [5.74, 6) is 0.215. The van der Waals surface area contributed by atoms with Crippen LogP contribution in [0.3, 0.4) is 0 Å². The zero-order chi connectivity index (χ0) is 15.4. The Bertz CT molecular complexity index is 548. The third-order valence-electron chi connectivity index (χ3n) is 3.27. The van der Waals surface area contributed by atoms with Crippen molar-refractivity contribution >= 4 is 15.6 Å². The molecule has 20 heavy (non-hydrogen) atoms. The molecule has 1 aromatic rings. The minimum absolute atomic E-state index is 0.0176. The number of benzene rings is 1. The molecule has 1 rings (SSSR count). The molecule has 0 bridgehead atoms. The molecule has 0 aliphatic rings. The molecule has 0 amide bonds. The van der Waals surface area contributed by atoms with Gasteiger partial charge in [-0.25, -0.2) is 8.42 Å². The van der Waals surface area contributed by atoms with Crippen LogP contribution in [0.4, 0.5) is 0 Å². The molecule has 0 fully saturated rings. The molecule has 0 aromatic heterocycles. The maximum Gasteiger partial charge on any atom is 0.178 e. The standard InChI is InChI=1S/C16H24O3S/c1-13(17)7-5-6-12-20(18,19)15-10-8-14(9-11-15)16(2,3)4/h8-11H,5-7,12H2,1-4H3. The summed E-state index contributed by atoms with van der Waals surface area (Å²) in [6, 6.07) is 7.12. The molecule has 0 heterocycles. The third kappa shape index (κ3) is 5.08. The molecule has 0 unspecified atom stereocenters. The first-order chi connectivity index (χ1) is 9.13. The van der Waals surface area contributed by atoms with E-state index in [1.54, 1.807) is 12.1 Å². The highest BCUT2D eigenvalue weighted by Gasteiger charge is 2.17. The van der Waals surface area contributed by atoms with Gasteiger partial charge in [0.1, 0.15) is 5.78 Å². The maximum atomic E-state index is 12.2. The molecule has 0 N–H and O–H groups in total. The highest BCUT2D eigenvalue weighted by atomic mass is 32.2. The van der Waals surface area contributed by atoms with E-state index >= 15 is 0 Å². The summed E-state index contributed by atoms with van der Waals surface area (Å²) in [5.41, 5.74) is 1.14. The molecule has 0 spiro atoms. The minimum atomic E-state index is -3.23. The molecule has 0 saturated carbocycles. The number of hydrogen-bond acceptors (Lipinski definition) is 3. The van der Waals surface area contributed by atoms with Crippen molar-refractivity contribution in [2.24, 2.45) is 0 Å². The molecule has 4 heteroatoms. The van der Waals surface area contributed by atoms with Crippen LogP contribution in [-0.2, 0) is 20.0 Å². The first-order valence-corrected chi connectivity index (χ1v) is 8.61. The van der Waals surface area contributed by atoms with E-state index in [0.717, 1.165) is 5.56 Å². The topological polar surface area (TPSA) is 51.2 Å². The molecule has 0 radical (unpaired) electrons. The lowest BCUT2D eigenvalue weighted by molar-refractivity contribution is -0.117. The lowest BCUT2D eigenvalue weighted by atomic mass is 9.87. The van der Waals surface area contributed by atoms with Crippen LogP contribution in [0.2, 0.25) is 0 Å². The second-order valence-electron chi connectivity index (χ2n) is 6.25. The molecule has 0 aliphatic heterocycles. The van der Waals surface area contributed by atoms with Crippen LogP contribution in [0, 0.1) is 0 Å². The predicted molar refractivity (Wildman–Crippen MR) is 81.7 cm³/mol. The van der Waals surface area contributed by atoms with Crippen molar-refractivity contribution in [3.05, 3.63) is 29.8 Å². The number of ketones is 1. The Morgan fingerprint density at radius 2 is 1.60 bits per heavy atom. The summed E-state index contributed by atoms with van der Waals surface area (Å²) in [5, 5.41) is 0. The Kier molecular flexibility index (Phi) is 5.51. The van der Waals surface area contributed by atoms with Crippen LogP contribution in [0.5, 0.6) is 0 Å². The van der Waals surface area contributed by atoms with Crippen molar-refractivity contribution < 1.29 is 13.2 Å². The van der Waals surface area contributed by atoms with E-state index in [1.165, 1.54) is 6.92 Å². The molecule has 1 aromatic carbocycles. The number of sulfone groups is 1. The van der Waals surface area contributed by atoms with Crippen LogP contribution in [-0.4, -0.2) is 20.0 Å². The van der Waals surface area contributed by atoms with Crippen LogP contribution in [0.15, 0.2) is 29.2 Å². The van der Waals surface area contributed by atoms with E-state index in [1.807, 2.05) is 12.1 Å². The quantitative estimate of drug-likeness (QED) is 0.755. The van der Waals surface area contributed by atoms with E-state index in [4.69, 9.17) is 0 Å². The molecule has 0 saturated heterocycles. The van der Waals surface area contributed by atoms with Crippen molar-refractivity contribution in [2.45, 2.75) is 57.3 Å². The SMILES string of the molecule is CC(=O)CCCCS(=O)(=O)c1ccc(C(C)(C)C)cc1. The third-order valence-corrected chi connectivity index (χ3v) is 5.09. The Morgan fingerprint density at radius 3 is 2.05 bits per heavy atom. The van der Waals surface area contributed by atoms with Gasteiger partial charge in [-0.2, -0.15) is 0 Å². The van der Waals surface area contributed by atoms with E-state index in [-0.39, 0.29) is 17.0 Å². The number of rotatable bonds is 6. The van der Waals surface area contributed by atoms with Gasteiger partial charge in [-0.3, -0.25) is 0 Å². The van der Waals surface area contributed by atoms with Crippen LogP contribution >= 0.6 is 0 Å². The second-order valence-corrected chi connectivity index (χ2v) is 8.36. The zero-order valence-electron chi connectivity index (χ0n) is 12.8. The smallest absolute Gasteiger partial charge is 0.178 e. The van der Waals surface area contributed by atoms with Crippen molar-refractivity contribution in [3.8, 4) is 0 Å². The van der Waals surface area contributed by atoms with Gasteiger partial charge < -0.3 is 4.79 Å². The predicted octanol–water partition coefficient (Wildman–Crippen LogP) is 3.52. The summed E-state index contributed by atoms with van der Waals surface area (Å²) in [7, 11) is -3.23. The zero-order valence-corrected chi connectivity index (χ0v) is 13.6. The summed E-state index contributed by atoms with van der Waals surface area (Å²) < 4.78 is 24.3. The monoisotopic (exact) mass is 296 g/mol. The normalized spacial score (nSPS) is 12.4. The van der Waals surface area contributed by atoms with Gasteiger partial charge in [-0.05, 0) is 42.9 Å². The molecular weight excluding hydrogens is 272 g/mol. The lowest BCUT2D eigenvalue weighted by Gasteiger charge is -2.19. The van der Waals surface area contributed by atoms with Gasteiger partial charge in [0.2, 0.25) is 0 Å². The molecule has 0 aliphatic carbocycles. The van der Waals surface area contributed by atoms with Gasteiger partial charge >= 0.3 is 0 Å². The fraction of sp³-hybridized carbons (Fsp3) is 0.562. The molecule has 0 atom stereocenters. The number of carbonyl (C=O) groups is 1. The van der Waals surface area contributed by atoms with Gasteiger partial charge in [0.05, 0.1) is 10.6 Å². The summed E-state index contributed by atoms with van der Waals surface area (Å²) in [6.07, 6.45) is 1.62. The highest BCUT2D eigenvalue weighted by Crippen LogP contribution is 2.24. The number of hydrogen-bond donors (Lipinski definition) is 0. The van der Waals surface area contributed by atoms with Crippen molar-refractivity contribution in [1.29, 1.82) is 0 Å². The van der Waals surface area contributed by atoms with Crippen molar-refractivity contribution in [3.63, 3.8) is 0 Å². The van der Waals surface area contributed by atoms with Crippen LogP contribution in [0.25, 0.3) is 0 Å². The van der Waals surface area contributed by atoms with Gasteiger partial charge in [-0.1, -0.05) is 32.9 Å². The first kappa shape index (κ1) is 16.9. The average molecular weight is 296 g/mol. The average Bonchev–Trinajstić information content (AvgIpc) is 2.34. The maximum absolute atomic E-state index is 12.2. The fourth-order valence-electron chi connectivity index (χ4n) is 1.95. The minimum Gasteiger partial charge on any atom is -0.300 e. The van der Waals surface area contributed by atoms with Crippen molar-refractivity contribution in [2.75, 3.05) is 5.75 Å². The fourth-order valence-corrected chi connectivity index (χ4v) is 3.32. The number of carbonyl (C=O) groups excluding carboxylic acids is 1. The molecule has 112 valence electrons. The molecular formula is C16H24O3S. The van der Waals surface area contributed by atoms with Gasteiger partial charge in [-0.15, -0.1) is 0 Å². The van der Waals surface area contributed by atoms with E-state index in [2.05, 4.69) is 20.8 Å². The second kappa shape index (κ2) is 6.53. The van der Waals surface area contributed by atoms with Gasteiger partial charge in [0.15, 0.2) is 9.84 Å². The van der Waals surface area contributed by atoms with Gasteiger partial charge in [0, 0.05) is 6.42 Å². The van der Waals surface area contributed by atoms with Crippen molar-refractivity contribution in [1.82, 2.24) is 0 Å². The summed E-state index contributed by atoms with van der Waals surface area (Å²) in [4.78, 5) is 11.2. The summed E-state index contributed by atoms with van der Waals surface area (Å²) >= 11 is 0. The number of Topliss-reactive ketones (excluding diaryl/α,β-unsaturated/α-hetero) is 1. The Morgan fingerprint density at radius 1 is 1.05 bits per heavy atom. The van der Waals surface area contributed by atoms with E-state index in [9.17, 15) is 13.2 Å². The van der Waals surface area contributed by atoms with Crippen LogP contribution < -0.4 is 0 Å². The Labute approximate surface area is 122 Å². The van der Waals surface area contributed by atoms with E-state index < -0.39 is 9.84 Å². The number of unbranched alkanes of at least 4 members (excludes halogenated alkanes) is 1. The van der Waals surface area contributed by atoms with Crippen LogP contribution in [0.1, 0.15) is 52.5 Å². The van der Waals surface area contributed by atoms with E-state index in [0.29, 0.717) is 24.2 Å². The summed E-state index contributed by atoms with van der Waals surface area (Å²) in [6.45, 7) is 7.81. The lowest BCUT2D eigenvalue weighted by Crippen LogP contribution is -2.12. The highest BCUT2D eigenvalue weighted by molar-refractivity contribution is 7.91. The largest absolute Gasteiger partial charge is 0.300 e. The Balaban J connectivity index is 2.71. The Hall–Kier alpha value is -1.16. The first-order valence-electron chi connectivity index (χ1n) is 6.96. The molecule has 3 nitrogen and oxygen atoms in total. The van der Waals surface area contributed by atoms with Gasteiger partial charge in [0.25, 0.3) is 0 Å².